The van der Waals surface area contributed by atoms with Gasteiger partial charge < -0.3 is 24.1 Å². The normalized spacial score (nSPS) is 11.4. The van der Waals surface area contributed by atoms with E-state index in [2.05, 4.69) is 0 Å². The van der Waals surface area contributed by atoms with Gasteiger partial charge in [0.25, 0.3) is 0 Å². The minimum atomic E-state index is -0.353. The average Bonchev–Trinajstić information content (AvgIpc) is 3.08. The lowest BCUT2D eigenvalue weighted by Gasteiger charge is -2.17. The Morgan fingerprint density at radius 2 is 1.58 bits per heavy atom. The van der Waals surface area contributed by atoms with Crippen LogP contribution in [0.4, 0.5) is 0 Å². The molecule has 0 atom stereocenters. The van der Waals surface area contributed by atoms with Gasteiger partial charge in [-0.15, -0.1) is 0 Å². The van der Waals surface area contributed by atoms with E-state index in [0.29, 0.717) is 27.7 Å². The van der Waals surface area contributed by atoms with E-state index < -0.39 is 0 Å². The molecule has 0 radical (unpaired) electrons. The van der Waals surface area contributed by atoms with Gasteiger partial charge in [-0.1, -0.05) is 0 Å². The second-order valence-electron chi connectivity index (χ2n) is 5.80. The Hall–Kier alpha value is -3.35. The monoisotopic (exact) mass is 355 g/mol. The van der Waals surface area contributed by atoms with Crippen molar-refractivity contribution >= 4 is 27.1 Å². The molecule has 7 nitrogen and oxygen atoms in total. The van der Waals surface area contributed by atoms with Crippen molar-refractivity contribution in [2.75, 3.05) is 28.4 Å². The van der Waals surface area contributed by atoms with Crippen LogP contribution in [0.3, 0.4) is 0 Å². The van der Waals surface area contributed by atoms with Crippen LogP contribution < -0.4 is 24.4 Å². The van der Waals surface area contributed by atoms with Gasteiger partial charge >= 0.3 is 0 Å². The number of hydrogen-bond acceptors (Lipinski definition) is 6. The Bertz CT molecular complexity index is 1210. The number of nitrogens with zero attached hydrogens (tertiary/aromatic N) is 1. The summed E-state index contributed by atoms with van der Waals surface area (Å²) >= 11 is 0. The third-order valence-electron chi connectivity index (χ3n) is 4.65. The van der Waals surface area contributed by atoms with E-state index >= 15 is 0 Å². The van der Waals surface area contributed by atoms with E-state index in [4.69, 9.17) is 18.9 Å². The molecule has 4 rings (SSSR count). The van der Waals surface area contributed by atoms with Crippen LogP contribution in [0.5, 0.6) is 28.9 Å². The van der Waals surface area contributed by atoms with Crippen LogP contribution in [0.15, 0.2) is 29.2 Å². The first-order valence-electron chi connectivity index (χ1n) is 7.86. The fourth-order valence-electron chi connectivity index (χ4n) is 3.59. The fraction of sp³-hybridized carbons (Fsp3) is 0.211. The number of pyridine rings is 1. The van der Waals surface area contributed by atoms with Gasteiger partial charge in [-0.3, -0.25) is 9.20 Å². The molecule has 0 spiro atoms. The molecule has 26 heavy (non-hydrogen) atoms. The third kappa shape index (κ3) is 1.85. The van der Waals surface area contributed by atoms with E-state index in [1.807, 2.05) is 12.1 Å². The van der Waals surface area contributed by atoms with Crippen LogP contribution in [-0.2, 0) is 0 Å². The molecular formula is C19H17NO6. The summed E-state index contributed by atoms with van der Waals surface area (Å²) in [6.45, 7) is 0. The van der Waals surface area contributed by atoms with E-state index in [-0.39, 0.29) is 22.8 Å². The number of ether oxygens (including phenoxy) is 4. The van der Waals surface area contributed by atoms with Crippen LogP contribution in [0, 0.1) is 0 Å². The van der Waals surface area contributed by atoms with Crippen LogP contribution >= 0.6 is 0 Å². The predicted octanol–water partition coefficient (Wildman–Crippen LogP) is 2.78. The highest BCUT2D eigenvalue weighted by Gasteiger charge is 2.25. The number of hydrogen-bond donors (Lipinski definition) is 1. The van der Waals surface area contributed by atoms with Crippen LogP contribution in [0.2, 0.25) is 0 Å². The van der Waals surface area contributed by atoms with E-state index in [1.54, 1.807) is 17.7 Å². The molecular weight excluding hydrogens is 338 g/mol. The number of rotatable bonds is 4. The SMILES string of the molecule is COc1cc2ccn3c(O)c4c(OC)c(OC)c(=O)cc4c(c1OC)c23. The molecule has 2 heterocycles. The summed E-state index contributed by atoms with van der Waals surface area (Å²) in [5, 5.41) is 13.2. The molecule has 0 unspecified atom stereocenters. The molecule has 2 aromatic heterocycles. The summed E-state index contributed by atoms with van der Waals surface area (Å²) in [4.78, 5) is 12.6. The lowest BCUT2D eigenvalue weighted by molar-refractivity contribution is 0.354. The summed E-state index contributed by atoms with van der Waals surface area (Å²) in [5.41, 5.74) is 0.369. The Morgan fingerprint density at radius 1 is 0.885 bits per heavy atom. The first-order valence-corrected chi connectivity index (χ1v) is 7.86. The molecule has 0 aliphatic rings. The molecule has 0 aliphatic carbocycles. The minimum absolute atomic E-state index is 0.0338. The molecule has 7 heteroatoms. The van der Waals surface area contributed by atoms with Crippen molar-refractivity contribution in [3.63, 3.8) is 0 Å². The lowest BCUT2D eigenvalue weighted by Crippen LogP contribution is -2.08. The zero-order chi connectivity index (χ0) is 18.6. The van der Waals surface area contributed by atoms with E-state index in [9.17, 15) is 9.90 Å². The van der Waals surface area contributed by atoms with Gasteiger partial charge in [0.1, 0.15) is 0 Å². The molecule has 134 valence electrons. The first kappa shape index (κ1) is 16.1. The van der Waals surface area contributed by atoms with Crippen molar-refractivity contribution < 1.29 is 24.1 Å². The highest BCUT2D eigenvalue weighted by Crippen LogP contribution is 2.48. The fourth-order valence-corrected chi connectivity index (χ4v) is 3.59. The standard InChI is InChI=1S/C19H17NO6/c1-23-12-7-9-5-6-20-15(9)13(17(12)25-3)10-8-11(21)16(24-2)18(26-4)14(10)19(20)22/h5-8,22H,1-4H3. The van der Waals surface area contributed by atoms with Gasteiger partial charge in [0, 0.05) is 17.0 Å². The van der Waals surface area contributed by atoms with Crippen LogP contribution in [0.1, 0.15) is 0 Å². The maximum Gasteiger partial charge on any atom is 0.224 e. The molecule has 0 saturated carbocycles. The zero-order valence-corrected chi connectivity index (χ0v) is 14.7. The summed E-state index contributed by atoms with van der Waals surface area (Å²) in [5.74, 6) is 1.16. The number of benzene rings is 2. The average molecular weight is 355 g/mol. The topological polar surface area (TPSA) is 78.6 Å². The Balaban J connectivity index is 2.41. The van der Waals surface area contributed by atoms with Gasteiger partial charge in [0.05, 0.1) is 44.7 Å². The molecule has 1 N–H and O–H groups in total. The second kappa shape index (κ2) is 5.59. The largest absolute Gasteiger partial charge is 0.494 e. The number of fused-ring (bicyclic) bond motifs is 2. The van der Waals surface area contributed by atoms with E-state index in [1.165, 1.54) is 27.4 Å². The Morgan fingerprint density at radius 3 is 2.19 bits per heavy atom. The number of methoxy groups -OCH3 is 4. The zero-order valence-electron chi connectivity index (χ0n) is 14.7. The quantitative estimate of drug-likeness (QED) is 0.567. The first-order chi connectivity index (χ1) is 12.6. The smallest absolute Gasteiger partial charge is 0.224 e. The lowest BCUT2D eigenvalue weighted by atomic mass is 10.0. The van der Waals surface area contributed by atoms with Gasteiger partial charge in [-0.25, -0.2) is 0 Å². The van der Waals surface area contributed by atoms with Crippen molar-refractivity contribution in [3.8, 4) is 28.9 Å². The van der Waals surface area contributed by atoms with Gasteiger partial charge in [0.2, 0.25) is 17.1 Å². The van der Waals surface area contributed by atoms with Gasteiger partial charge in [0.15, 0.2) is 17.2 Å². The molecule has 0 aliphatic heterocycles. The maximum absolute atomic E-state index is 12.6. The van der Waals surface area contributed by atoms with Crippen LogP contribution in [-0.4, -0.2) is 37.9 Å². The molecule has 2 aromatic carbocycles. The number of aromatic nitrogens is 1. The Kier molecular flexibility index (Phi) is 3.47. The molecule has 0 fully saturated rings. The van der Waals surface area contributed by atoms with Gasteiger partial charge in [-0.05, 0) is 18.2 Å². The van der Waals surface area contributed by atoms with E-state index in [0.717, 1.165) is 10.9 Å². The molecule has 0 bridgehead atoms. The van der Waals surface area contributed by atoms with Crippen molar-refractivity contribution in [2.45, 2.75) is 0 Å². The van der Waals surface area contributed by atoms with Crippen molar-refractivity contribution in [1.82, 2.24) is 4.40 Å². The molecule has 0 saturated heterocycles. The van der Waals surface area contributed by atoms with Crippen molar-refractivity contribution in [1.29, 1.82) is 0 Å². The molecule has 0 amide bonds. The highest BCUT2D eigenvalue weighted by molar-refractivity contribution is 6.19. The summed E-state index contributed by atoms with van der Waals surface area (Å²) in [6, 6.07) is 5.09. The Labute approximate surface area is 148 Å². The summed E-state index contributed by atoms with van der Waals surface area (Å²) in [6.07, 6.45) is 1.74. The summed E-state index contributed by atoms with van der Waals surface area (Å²) in [7, 11) is 5.89. The predicted molar refractivity (Wildman–Crippen MR) is 97.7 cm³/mol. The molecule has 4 aromatic rings. The highest BCUT2D eigenvalue weighted by atomic mass is 16.5. The van der Waals surface area contributed by atoms with Crippen molar-refractivity contribution in [3.05, 3.63) is 34.6 Å². The van der Waals surface area contributed by atoms with Crippen molar-refractivity contribution in [2.24, 2.45) is 0 Å². The third-order valence-corrected chi connectivity index (χ3v) is 4.65. The second-order valence-corrected chi connectivity index (χ2v) is 5.80. The van der Waals surface area contributed by atoms with Gasteiger partial charge in [-0.2, -0.15) is 0 Å². The summed E-state index contributed by atoms with van der Waals surface area (Å²) < 4.78 is 23.3. The minimum Gasteiger partial charge on any atom is -0.494 e. The number of aromatic hydroxyl groups is 1. The van der Waals surface area contributed by atoms with Crippen LogP contribution in [0.25, 0.3) is 27.1 Å². The maximum atomic E-state index is 12.6.